The number of carbonyl (C=O) groups excluding carboxylic acids is 1. The molecular formula is C16H26N2O2. The number of amides is 2. The summed E-state index contributed by atoms with van der Waals surface area (Å²) >= 11 is 0. The van der Waals surface area contributed by atoms with Crippen LogP contribution in [-0.2, 0) is 5.41 Å². The van der Waals surface area contributed by atoms with Gasteiger partial charge in [0.25, 0.3) is 0 Å². The first-order valence-electron chi connectivity index (χ1n) is 7.36. The minimum absolute atomic E-state index is 0.0183. The van der Waals surface area contributed by atoms with Crippen molar-refractivity contribution >= 4 is 6.03 Å². The molecule has 112 valence electrons. The van der Waals surface area contributed by atoms with E-state index >= 15 is 0 Å². The number of nitrogens with one attached hydrogen (secondary N) is 2. The number of urea groups is 1. The van der Waals surface area contributed by atoms with Crippen LogP contribution in [0.4, 0.5) is 4.79 Å². The lowest BCUT2D eigenvalue weighted by molar-refractivity contribution is 0.233. The van der Waals surface area contributed by atoms with E-state index in [1.54, 1.807) is 0 Å². The maximum absolute atomic E-state index is 11.7. The predicted octanol–water partition coefficient (Wildman–Crippen LogP) is 2.43. The molecule has 0 radical (unpaired) electrons. The lowest BCUT2D eigenvalue weighted by atomic mass is 9.76. The molecule has 1 aromatic rings. The Morgan fingerprint density at radius 1 is 1.15 bits per heavy atom. The Morgan fingerprint density at radius 2 is 1.80 bits per heavy atom. The third kappa shape index (κ3) is 4.53. The predicted molar refractivity (Wildman–Crippen MR) is 81.8 cm³/mol. The monoisotopic (exact) mass is 278 g/mol. The molecule has 0 spiro atoms. The van der Waals surface area contributed by atoms with E-state index in [-0.39, 0.29) is 18.1 Å². The van der Waals surface area contributed by atoms with Gasteiger partial charge in [-0.25, -0.2) is 4.79 Å². The molecule has 0 aromatic heterocycles. The van der Waals surface area contributed by atoms with Gasteiger partial charge in [0.2, 0.25) is 0 Å². The molecule has 1 rings (SSSR count). The molecule has 0 fully saturated rings. The molecule has 4 nitrogen and oxygen atoms in total. The first-order chi connectivity index (χ1) is 9.68. The fourth-order valence-corrected chi connectivity index (χ4v) is 2.39. The van der Waals surface area contributed by atoms with Gasteiger partial charge in [0.05, 0.1) is 0 Å². The fourth-order valence-electron chi connectivity index (χ4n) is 2.39. The molecule has 1 aromatic carbocycles. The summed E-state index contributed by atoms with van der Waals surface area (Å²) < 4.78 is 0. The summed E-state index contributed by atoms with van der Waals surface area (Å²) in [6.07, 6.45) is 2.54. The molecule has 3 N–H and O–H groups in total. The van der Waals surface area contributed by atoms with Gasteiger partial charge in [0.1, 0.15) is 0 Å². The zero-order valence-electron chi connectivity index (χ0n) is 12.5. The number of benzene rings is 1. The number of aliphatic hydroxyl groups is 1. The van der Waals surface area contributed by atoms with Crippen molar-refractivity contribution in [2.24, 2.45) is 0 Å². The second-order valence-corrected chi connectivity index (χ2v) is 5.04. The molecule has 0 saturated heterocycles. The molecular weight excluding hydrogens is 252 g/mol. The number of hydrogen-bond acceptors (Lipinski definition) is 2. The van der Waals surface area contributed by atoms with Crippen molar-refractivity contribution in [2.75, 3.05) is 19.7 Å². The Morgan fingerprint density at radius 3 is 2.35 bits per heavy atom. The summed E-state index contributed by atoms with van der Waals surface area (Å²) in [7, 11) is 0. The van der Waals surface area contributed by atoms with Crippen LogP contribution in [0.15, 0.2) is 30.3 Å². The van der Waals surface area contributed by atoms with Crippen LogP contribution < -0.4 is 10.6 Å². The van der Waals surface area contributed by atoms with Gasteiger partial charge in [-0.15, -0.1) is 0 Å². The average Bonchev–Trinajstić information content (AvgIpc) is 2.50. The second kappa shape index (κ2) is 8.59. The molecule has 0 atom stereocenters. The average molecular weight is 278 g/mol. The van der Waals surface area contributed by atoms with Gasteiger partial charge >= 0.3 is 6.03 Å². The zero-order valence-corrected chi connectivity index (χ0v) is 12.5. The maximum atomic E-state index is 11.7. The first kappa shape index (κ1) is 16.5. The second-order valence-electron chi connectivity index (χ2n) is 5.04. The van der Waals surface area contributed by atoms with Gasteiger partial charge in [0, 0.05) is 25.1 Å². The van der Waals surface area contributed by atoms with E-state index in [1.165, 1.54) is 5.56 Å². The third-order valence-corrected chi connectivity index (χ3v) is 3.95. The summed E-state index contributed by atoms with van der Waals surface area (Å²) in [6.45, 7) is 5.52. The van der Waals surface area contributed by atoms with Crippen LogP contribution in [0, 0.1) is 0 Å². The SMILES string of the molecule is CCC(CC)(CNC(=O)NCCCO)c1ccccc1. The van der Waals surface area contributed by atoms with E-state index in [1.807, 2.05) is 18.2 Å². The van der Waals surface area contributed by atoms with Crippen molar-refractivity contribution in [2.45, 2.75) is 38.5 Å². The van der Waals surface area contributed by atoms with Crippen molar-refractivity contribution in [1.82, 2.24) is 10.6 Å². The summed E-state index contributed by atoms with van der Waals surface area (Å²) in [5, 5.41) is 14.4. The van der Waals surface area contributed by atoms with Crippen molar-refractivity contribution in [3.05, 3.63) is 35.9 Å². The largest absolute Gasteiger partial charge is 0.396 e. The first-order valence-corrected chi connectivity index (χ1v) is 7.36. The van der Waals surface area contributed by atoms with Crippen molar-refractivity contribution in [3.63, 3.8) is 0 Å². The lowest BCUT2D eigenvalue weighted by Gasteiger charge is -2.32. The fraction of sp³-hybridized carbons (Fsp3) is 0.562. The van der Waals surface area contributed by atoms with Gasteiger partial charge in [-0.3, -0.25) is 0 Å². The van der Waals surface area contributed by atoms with Gasteiger partial charge < -0.3 is 15.7 Å². The number of aliphatic hydroxyl groups excluding tert-OH is 1. The highest BCUT2D eigenvalue weighted by atomic mass is 16.3. The molecule has 0 aliphatic rings. The highest BCUT2D eigenvalue weighted by Gasteiger charge is 2.28. The summed E-state index contributed by atoms with van der Waals surface area (Å²) in [5.74, 6) is 0. The van der Waals surface area contributed by atoms with Crippen LogP contribution in [0.3, 0.4) is 0 Å². The van der Waals surface area contributed by atoms with Gasteiger partial charge in [-0.05, 0) is 24.8 Å². The molecule has 20 heavy (non-hydrogen) atoms. The lowest BCUT2D eigenvalue weighted by Crippen LogP contribution is -2.44. The van der Waals surface area contributed by atoms with Crippen LogP contribution in [0.2, 0.25) is 0 Å². The molecule has 0 unspecified atom stereocenters. The van der Waals surface area contributed by atoms with E-state index in [0.717, 1.165) is 12.8 Å². The molecule has 4 heteroatoms. The molecule has 2 amide bonds. The minimum atomic E-state index is -0.166. The number of rotatable bonds is 8. The Labute approximate surface area is 121 Å². The topological polar surface area (TPSA) is 61.4 Å². The van der Waals surface area contributed by atoms with Crippen LogP contribution in [0.1, 0.15) is 38.7 Å². The normalized spacial score (nSPS) is 11.2. The highest BCUT2D eigenvalue weighted by Crippen LogP contribution is 2.30. The number of hydrogen-bond donors (Lipinski definition) is 3. The standard InChI is InChI=1S/C16H26N2O2/c1-3-16(4-2,14-9-6-5-7-10-14)13-18-15(20)17-11-8-12-19/h5-7,9-10,19H,3-4,8,11-13H2,1-2H3,(H2,17,18,20). The van der Waals surface area contributed by atoms with Gasteiger partial charge in [-0.2, -0.15) is 0 Å². The Kier molecular flexibility index (Phi) is 7.09. The number of carbonyl (C=O) groups is 1. The smallest absolute Gasteiger partial charge is 0.314 e. The molecule has 0 aliphatic heterocycles. The van der Waals surface area contributed by atoms with Crippen LogP contribution in [0.5, 0.6) is 0 Å². The molecule has 0 saturated carbocycles. The van der Waals surface area contributed by atoms with E-state index in [9.17, 15) is 4.79 Å². The molecule has 0 bridgehead atoms. The van der Waals surface area contributed by atoms with Gasteiger partial charge in [0.15, 0.2) is 0 Å². The van der Waals surface area contributed by atoms with Gasteiger partial charge in [-0.1, -0.05) is 44.2 Å². The van der Waals surface area contributed by atoms with E-state index in [2.05, 4.69) is 36.6 Å². The van der Waals surface area contributed by atoms with Crippen LogP contribution in [-0.4, -0.2) is 30.8 Å². The highest BCUT2D eigenvalue weighted by molar-refractivity contribution is 5.73. The zero-order chi connectivity index (χ0) is 14.8. The van der Waals surface area contributed by atoms with Crippen LogP contribution >= 0.6 is 0 Å². The van der Waals surface area contributed by atoms with Crippen LogP contribution in [0.25, 0.3) is 0 Å². The summed E-state index contributed by atoms with van der Waals surface area (Å²) in [5.41, 5.74) is 1.25. The molecule has 0 heterocycles. The summed E-state index contributed by atoms with van der Waals surface area (Å²) in [6, 6.07) is 10.2. The maximum Gasteiger partial charge on any atom is 0.314 e. The molecule has 0 aliphatic carbocycles. The minimum Gasteiger partial charge on any atom is -0.396 e. The summed E-state index contributed by atoms with van der Waals surface area (Å²) in [4.78, 5) is 11.7. The van der Waals surface area contributed by atoms with Crippen molar-refractivity contribution in [1.29, 1.82) is 0 Å². The van der Waals surface area contributed by atoms with Crippen molar-refractivity contribution in [3.8, 4) is 0 Å². The van der Waals surface area contributed by atoms with E-state index < -0.39 is 0 Å². The van der Waals surface area contributed by atoms with Crippen molar-refractivity contribution < 1.29 is 9.90 Å². The quantitative estimate of drug-likeness (QED) is 0.640. The van der Waals surface area contributed by atoms with E-state index in [4.69, 9.17) is 5.11 Å². The Hall–Kier alpha value is -1.55. The van der Waals surface area contributed by atoms with E-state index in [0.29, 0.717) is 19.5 Å². The Bertz CT molecular complexity index is 389. The Balaban J connectivity index is 2.62. The third-order valence-electron chi connectivity index (χ3n) is 3.95.